The molecule has 6 nitrogen and oxygen atoms in total. The molecule has 0 fully saturated rings. The molecule has 1 heterocycles. The highest BCUT2D eigenvalue weighted by Gasteiger charge is 2.13. The maximum atomic E-state index is 12.0. The van der Waals surface area contributed by atoms with Crippen molar-refractivity contribution in [1.82, 2.24) is 10.3 Å². The van der Waals surface area contributed by atoms with Crippen LogP contribution in [-0.4, -0.2) is 24.6 Å². The quantitative estimate of drug-likeness (QED) is 0.706. The fraction of sp³-hybridized carbons (Fsp3) is 0.200. The van der Waals surface area contributed by atoms with Crippen LogP contribution in [0.4, 0.5) is 0 Å². The lowest BCUT2D eigenvalue weighted by Crippen LogP contribution is -2.28. The van der Waals surface area contributed by atoms with Crippen molar-refractivity contribution in [3.05, 3.63) is 66.2 Å². The number of methoxy groups -OCH3 is 1. The Balaban J connectivity index is 1.55. The molecule has 0 atom stereocenters. The Hall–Kier alpha value is -3.28. The number of carbonyl (C=O) groups is 1. The van der Waals surface area contributed by atoms with Gasteiger partial charge >= 0.3 is 0 Å². The van der Waals surface area contributed by atoms with Crippen molar-refractivity contribution >= 4 is 5.91 Å². The molecule has 3 aromatic rings. The van der Waals surface area contributed by atoms with Crippen LogP contribution in [0.3, 0.4) is 0 Å². The van der Waals surface area contributed by atoms with Gasteiger partial charge in [-0.3, -0.25) is 4.79 Å². The first-order valence-corrected chi connectivity index (χ1v) is 8.21. The van der Waals surface area contributed by atoms with E-state index in [0.29, 0.717) is 23.1 Å². The second-order valence-corrected chi connectivity index (χ2v) is 5.59. The van der Waals surface area contributed by atoms with Crippen molar-refractivity contribution in [3.63, 3.8) is 0 Å². The number of hydrogen-bond donors (Lipinski definition) is 1. The highest BCUT2D eigenvalue weighted by Crippen LogP contribution is 2.25. The van der Waals surface area contributed by atoms with Crippen molar-refractivity contribution < 1.29 is 18.7 Å². The first-order valence-electron chi connectivity index (χ1n) is 8.21. The largest absolute Gasteiger partial charge is 0.493 e. The van der Waals surface area contributed by atoms with Gasteiger partial charge in [0, 0.05) is 5.56 Å². The first kappa shape index (κ1) is 17.5. The molecule has 0 saturated carbocycles. The number of nitrogens with one attached hydrogen (secondary N) is 1. The summed E-state index contributed by atoms with van der Waals surface area (Å²) in [6, 6.07) is 16.9. The highest BCUT2D eigenvalue weighted by molar-refractivity contribution is 5.77. The van der Waals surface area contributed by atoms with E-state index in [-0.39, 0.29) is 19.1 Å². The first-order chi connectivity index (χ1) is 12.7. The number of amides is 1. The lowest BCUT2D eigenvalue weighted by atomic mass is 10.1. The topological polar surface area (TPSA) is 73.6 Å². The second kappa shape index (κ2) is 8.20. The molecule has 0 bridgehead atoms. The predicted molar refractivity (Wildman–Crippen MR) is 97.0 cm³/mol. The summed E-state index contributed by atoms with van der Waals surface area (Å²) in [4.78, 5) is 16.5. The molecule has 0 saturated heterocycles. The van der Waals surface area contributed by atoms with E-state index in [1.54, 1.807) is 19.2 Å². The van der Waals surface area contributed by atoms with E-state index in [2.05, 4.69) is 10.3 Å². The van der Waals surface area contributed by atoms with E-state index in [1.807, 2.05) is 49.4 Å². The van der Waals surface area contributed by atoms with Gasteiger partial charge in [-0.2, -0.15) is 0 Å². The van der Waals surface area contributed by atoms with Gasteiger partial charge in [-0.25, -0.2) is 4.98 Å². The molecule has 134 valence electrons. The van der Waals surface area contributed by atoms with Gasteiger partial charge in [-0.05, 0) is 19.1 Å². The Morgan fingerprint density at radius 1 is 1.08 bits per heavy atom. The van der Waals surface area contributed by atoms with E-state index in [0.717, 1.165) is 11.3 Å². The molecule has 0 aliphatic heterocycles. The third kappa shape index (κ3) is 4.22. The van der Waals surface area contributed by atoms with Gasteiger partial charge in [-0.15, -0.1) is 0 Å². The minimum atomic E-state index is -0.270. The van der Waals surface area contributed by atoms with Gasteiger partial charge in [0.15, 0.2) is 18.1 Å². The summed E-state index contributed by atoms with van der Waals surface area (Å²) in [5, 5.41) is 2.74. The fourth-order valence-corrected chi connectivity index (χ4v) is 2.50. The normalized spacial score (nSPS) is 10.4. The zero-order chi connectivity index (χ0) is 18.4. The monoisotopic (exact) mass is 352 g/mol. The zero-order valence-corrected chi connectivity index (χ0v) is 14.7. The van der Waals surface area contributed by atoms with Crippen LogP contribution in [0.15, 0.2) is 59.0 Å². The molecule has 0 unspecified atom stereocenters. The van der Waals surface area contributed by atoms with Gasteiger partial charge in [0.05, 0.1) is 13.7 Å². The summed E-state index contributed by atoms with van der Waals surface area (Å²) < 4.78 is 16.3. The van der Waals surface area contributed by atoms with Crippen molar-refractivity contribution in [2.45, 2.75) is 13.5 Å². The number of rotatable bonds is 7. The van der Waals surface area contributed by atoms with Crippen LogP contribution in [0.25, 0.3) is 11.3 Å². The minimum Gasteiger partial charge on any atom is -0.493 e. The number of ether oxygens (including phenoxy) is 2. The van der Waals surface area contributed by atoms with Gasteiger partial charge in [0.25, 0.3) is 5.91 Å². The third-order valence-electron chi connectivity index (χ3n) is 3.75. The molecule has 3 rings (SSSR count). The fourth-order valence-electron chi connectivity index (χ4n) is 2.50. The molecule has 0 radical (unpaired) electrons. The Morgan fingerprint density at radius 3 is 2.50 bits per heavy atom. The number of benzene rings is 2. The van der Waals surface area contributed by atoms with E-state index >= 15 is 0 Å². The van der Waals surface area contributed by atoms with Crippen LogP contribution >= 0.6 is 0 Å². The van der Waals surface area contributed by atoms with Gasteiger partial charge in [0.2, 0.25) is 5.89 Å². The van der Waals surface area contributed by atoms with Gasteiger partial charge < -0.3 is 19.2 Å². The lowest BCUT2D eigenvalue weighted by Gasteiger charge is -2.09. The highest BCUT2D eigenvalue weighted by atomic mass is 16.5. The van der Waals surface area contributed by atoms with Crippen LogP contribution in [0, 0.1) is 6.92 Å². The van der Waals surface area contributed by atoms with Crippen molar-refractivity contribution in [2.24, 2.45) is 0 Å². The van der Waals surface area contributed by atoms with Crippen LogP contribution in [0.2, 0.25) is 0 Å². The predicted octanol–water partition coefficient (Wildman–Crippen LogP) is 3.35. The van der Waals surface area contributed by atoms with E-state index in [1.165, 1.54) is 0 Å². The molecule has 0 aliphatic rings. The number of nitrogens with zero attached hydrogens (tertiary/aromatic N) is 1. The van der Waals surface area contributed by atoms with Crippen LogP contribution in [-0.2, 0) is 11.3 Å². The molecule has 1 amide bonds. The third-order valence-corrected chi connectivity index (χ3v) is 3.75. The summed E-state index contributed by atoms with van der Waals surface area (Å²) >= 11 is 0. The summed E-state index contributed by atoms with van der Waals surface area (Å²) in [6.45, 7) is 1.93. The molecule has 1 aromatic heterocycles. The second-order valence-electron chi connectivity index (χ2n) is 5.59. The van der Waals surface area contributed by atoms with Crippen LogP contribution in [0.1, 0.15) is 11.7 Å². The smallest absolute Gasteiger partial charge is 0.258 e. The number of aromatic nitrogens is 1. The Bertz CT molecular complexity index is 875. The maximum absolute atomic E-state index is 12.0. The number of para-hydroxylation sites is 2. The zero-order valence-electron chi connectivity index (χ0n) is 14.7. The summed E-state index contributed by atoms with van der Waals surface area (Å²) in [5.74, 6) is 1.99. The number of carbonyl (C=O) groups excluding carboxylic acids is 1. The Labute approximate surface area is 151 Å². The molecular weight excluding hydrogens is 332 g/mol. The van der Waals surface area contributed by atoms with E-state index in [4.69, 9.17) is 13.9 Å². The molecule has 2 aromatic carbocycles. The van der Waals surface area contributed by atoms with E-state index in [9.17, 15) is 4.79 Å². The molecule has 1 N–H and O–H groups in total. The number of aryl methyl sites for hydroxylation is 1. The molecule has 0 spiro atoms. The molecule has 26 heavy (non-hydrogen) atoms. The lowest BCUT2D eigenvalue weighted by molar-refractivity contribution is -0.123. The SMILES string of the molecule is COc1ccccc1OCC(=O)NCc1nc(-c2ccccc2)c(C)o1. The minimum absolute atomic E-state index is 0.119. The number of oxazole rings is 1. The maximum Gasteiger partial charge on any atom is 0.258 e. The Morgan fingerprint density at radius 2 is 1.77 bits per heavy atom. The summed E-state index contributed by atoms with van der Waals surface area (Å²) in [7, 11) is 1.55. The molecular formula is C20H20N2O4. The Kier molecular flexibility index (Phi) is 5.53. The molecule has 0 aliphatic carbocycles. The van der Waals surface area contributed by atoms with Gasteiger partial charge in [0.1, 0.15) is 11.5 Å². The molecule has 6 heteroatoms. The van der Waals surface area contributed by atoms with Crippen molar-refractivity contribution in [2.75, 3.05) is 13.7 Å². The number of hydrogen-bond acceptors (Lipinski definition) is 5. The average Bonchev–Trinajstić information content (AvgIpc) is 3.06. The standard InChI is InChI=1S/C20H20N2O4/c1-14-20(15-8-4-3-5-9-15)22-19(26-14)12-21-18(23)13-25-17-11-7-6-10-16(17)24-2/h3-11H,12-13H2,1-2H3,(H,21,23). The van der Waals surface area contributed by atoms with Crippen LogP contribution in [0.5, 0.6) is 11.5 Å². The average molecular weight is 352 g/mol. The summed E-state index contributed by atoms with van der Waals surface area (Å²) in [5.41, 5.74) is 1.76. The van der Waals surface area contributed by atoms with Gasteiger partial charge in [-0.1, -0.05) is 42.5 Å². The van der Waals surface area contributed by atoms with Crippen LogP contribution < -0.4 is 14.8 Å². The van der Waals surface area contributed by atoms with Crippen molar-refractivity contribution in [3.8, 4) is 22.8 Å². The summed E-state index contributed by atoms with van der Waals surface area (Å²) in [6.07, 6.45) is 0. The van der Waals surface area contributed by atoms with Crippen molar-refractivity contribution in [1.29, 1.82) is 0 Å². The van der Waals surface area contributed by atoms with E-state index < -0.39 is 0 Å².